The minimum Gasteiger partial charge on any atom is -0.481 e. The SMILES string of the molecule is COC1=NO[C@@H](c2ccccc2)[C@@H]1c1ccccc1. The fourth-order valence-corrected chi connectivity index (χ4v) is 2.39. The summed E-state index contributed by atoms with van der Waals surface area (Å²) in [5.41, 5.74) is 2.25. The molecule has 0 saturated carbocycles. The van der Waals surface area contributed by atoms with Crippen LogP contribution in [0, 0.1) is 0 Å². The molecule has 0 saturated heterocycles. The van der Waals surface area contributed by atoms with Crippen LogP contribution in [0.15, 0.2) is 65.8 Å². The summed E-state index contributed by atoms with van der Waals surface area (Å²) in [5.74, 6) is 0.633. The van der Waals surface area contributed by atoms with Crippen LogP contribution in [0.3, 0.4) is 0 Å². The second-order valence-corrected chi connectivity index (χ2v) is 4.46. The Morgan fingerprint density at radius 3 is 2.05 bits per heavy atom. The lowest BCUT2D eigenvalue weighted by Gasteiger charge is -2.18. The highest BCUT2D eigenvalue weighted by atomic mass is 16.7. The average molecular weight is 253 g/mol. The Bertz CT molecular complexity index is 566. The predicted molar refractivity (Wildman–Crippen MR) is 73.9 cm³/mol. The van der Waals surface area contributed by atoms with E-state index in [1.165, 1.54) is 0 Å². The van der Waals surface area contributed by atoms with Crippen molar-refractivity contribution in [3.05, 3.63) is 71.8 Å². The summed E-state index contributed by atoms with van der Waals surface area (Å²) in [6.07, 6.45) is -0.126. The number of methoxy groups -OCH3 is 1. The summed E-state index contributed by atoms with van der Waals surface area (Å²) in [4.78, 5) is 5.57. The Balaban J connectivity index is 1.98. The Kier molecular flexibility index (Phi) is 3.19. The van der Waals surface area contributed by atoms with Crippen LogP contribution in [-0.2, 0) is 9.57 Å². The van der Waals surface area contributed by atoms with E-state index in [2.05, 4.69) is 29.4 Å². The van der Waals surface area contributed by atoms with Crippen molar-refractivity contribution in [1.29, 1.82) is 0 Å². The lowest BCUT2D eigenvalue weighted by Crippen LogP contribution is -2.16. The summed E-state index contributed by atoms with van der Waals surface area (Å²) >= 11 is 0. The number of hydrogen-bond donors (Lipinski definition) is 0. The molecule has 2 aromatic rings. The van der Waals surface area contributed by atoms with E-state index in [4.69, 9.17) is 9.57 Å². The fraction of sp³-hybridized carbons (Fsp3) is 0.188. The molecule has 96 valence electrons. The van der Waals surface area contributed by atoms with E-state index in [0.29, 0.717) is 5.90 Å². The van der Waals surface area contributed by atoms with Gasteiger partial charge in [-0.3, -0.25) is 0 Å². The maximum absolute atomic E-state index is 5.57. The molecule has 0 aliphatic carbocycles. The van der Waals surface area contributed by atoms with Crippen molar-refractivity contribution in [1.82, 2.24) is 0 Å². The van der Waals surface area contributed by atoms with Gasteiger partial charge in [0.05, 0.1) is 7.11 Å². The van der Waals surface area contributed by atoms with Crippen molar-refractivity contribution >= 4 is 5.90 Å². The standard InChI is InChI=1S/C16H15NO2/c1-18-16-14(12-8-4-2-5-9-12)15(19-17-16)13-10-6-3-7-11-13/h2-11,14-15H,1H3/t14-,15-/m0/s1. The molecule has 1 heterocycles. The van der Waals surface area contributed by atoms with Gasteiger partial charge in [0.15, 0.2) is 6.10 Å². The topological polar surface area (TPSA) is 30.8 Å². The lowest BCUT2D eigenvalue weighted by atomic mass is 9.89. The van der Waals surface area contributed by atoms with E-state index >= 15 is 0 Å². The summed E-state index contributed by atoms with van der Waals surface area (Å²) in [7, 11) is 1.63. The summed E-state index contributed by atoms with van der Waals surface area (Å²) < 4.78 is 5.35. The molecule has 0 aromatic heterocycles. The summed E-state index contributed by atoms with van der Waals surface area (Å²) in [5, 5.41) is 4.06. The minimum absolute atomic E-state index is 0.00796. The molecule has 3 nitrogen and oxygen atoms in total. The van der Waals surface area contributed by atoms with Gasteiger partial charge in [0.1, 0.15) is 5.92 Å². The van der Waals surface area contributed by atoms with Gasteiger partial charge in [0.25, 0.3) is 0 Å². The zero-order valence-corrected chi connectivity index (χ0v) is 10.7. The van der Waals surface area contributed by atoms with Crippen molar-refractivity contribution in [2.45, 2.75) is 12.0 Å². The Morgan fingerprint density at radius 2 is 1.47 bits per heavy atom. The average Bonchev–Trinajstić information content (AvgIpc) is 2.93. The van der Waals surface area contributed by atoms with Gasteiger partial charge < -0.3 is 9.57 Å². The van der Waals surface area contributed by atoms with Crippen molar-refractivity contribution in [2.24, 2.45) is 5.16 Å². The molecule has 1 aliphatic heterocycles. The molecule has 0 unspecified atom stereocenters. The molecule has 0 fully saturated rings. The van der Waals surface area contributed by atoms with E-state index in [-0.39, 0.29) is 12.0 Å². The van der Waals surface area contributed by atoms with Crippen LogP contribution in [-0.4, -0.2) is 13.0 Å². The highest BCUT2D eigenvalue weighted by Gasteiger charge is 2.37. The molecule has 1 aliphatic rings. The second-order valence-electron chi connectivity index (χ2n) is 4.46. The number of ether oxygens (including phenoxy) is 1. The van der Waals surface area contributed by atoms with Gasteiger partial charge >= 0.3 is 0 Å². The normalized spacial score (nSPS) is 21.6. The van der Waals surface area contributed by atoms with Gasteiger partial charge in [-0.1, -0.05) is 65.8 Å². The van der Waals surface area contributed by atoms with Crippen LogP contribution in [0.25, 0.3) is 0 Å². The van der Waals surface area contributed by atoms with Crippen LogP contribution in [0.5, 0.6) is 0 Å². The largest absolute Gasteiger partial charge is 0.481 e. The third-order valence-electron chi connectivity index (χ3n) is 3.32. The molecule has 0 bridgehead atoms. The summed E-state index contributed by atoms with van der Waals surface area (Å²) in [6.45, 7) is 0. The number of nitrogens with zero attached hydrogens (tertiary/aromatic N) is 1. The maximum atomic E-state index is 5.57. The zero-order chi connectivity index (χ0) is 13.1. The predicted octanol–water partition coefficient (Wildman–Crippen LogP) is 3.50. The molecule has 2 atom stereocenters. The minimum atomic E-state index is -0.126. The highest BCUT2D eigenvalue weighted by Crippen LogP contribution is 2.39. The number of benzene rings is 2. The molecular formula is C16H15NO2. The molecule has 0 radical (unpaired) electrons. The molecular weight excluding hydrogens is 238 g/mol. The monoisotopic (exact) mass is 253 g/mol. The lowest BCUT2D eigenvalue weighted by molar-refractivity contribution is 0.0762. The highest BCUT2D eigenvalue weighted by molar-refractivity contribution is 5.85. The van der Waals surface area contributed by atoms with Gasteiger partial charge in [-0.15, -0.1) is 0 Å². The van der Waals surface area contributed by atoms with E-state index < -0.39 is 0 Å². The van der Waals surface area contributed by atoms with Gasteiger partial charge in [-0.05, 0) is 11.1 Å². The smallest absolute Gasteiger partial charge is 0.237 e. The van der Waals surface area contributed by atoms with E-state index in [1.807, 2.05) is 36.4 Å². The molecule has 3 rings (SSSR count). The number of hydrogen-bond acceptors (Lipinski definition) is 3. The van der Waals surface area contributed by atoms with Crippen LogP contribution >= 0.6 is 0 Å². The Labute approximate surface area is 112 Å². The third kappa shape index (κ3) is 2.19. The van der Waals surface area contributed by atoms with Gasteiger partial charge in [0, 0.05) is 0 Å². The van der Waals surface area contributed by atoms with Crippen LogP contribution in [0.2, 0.25) is 0 Å². The zero-order valence-electron chi connectivity index (χ0n) is 10.7. The molecule has 3 heteroatoms. The van der Waals surface area contributed by atoms with Crippen molar-refractivity contribution in [2.75, 3.05) is 7.11 Å². The van der Waals surface area contributed by atoms with Crippen LogP contribution < -0.4 is 0 Å². The van der Waals surface area contributed by atoms with E-state index in [9.17, 15) is 0 Å². The number of rotatable bonds is 2. The van der Waals surface area contributed by atoms with Crippen molar-refractivity contribution in [3.63, 3.8) is 0 Å². The Hall–Kier alpha value is -2.29. The molecule has 2 aromatic carbocycles. The van der Waals surface area contributed by atoms with Crippen molar-refractivity contribution < 1.29 is 9.57 Å². The van der Waals surface area contributed by atoms with Gasteiger partial charge in [-0.25, -0.2) is 0 Å². The quantitative estimate of drug-likeness (QED) is 0.820. The first-order chi connectivity index (χ1) is 9.40. The number of oxime groups is 1. The molecule has 0 N–H and O–H groups in total. The molecule has 19 heavy (non-hydrogen) atoms. The maximum Gasteiger partial charge on any atom is 0.237 e. The fourth-order valence-electron chi connectivity index (χ4n) is 2.39. The first-order valence-electron chi connectivity index (χ1n) is 6.27. The van der Waals surface area contributed by atoms with Crippen LogP contribution in [0.1, 0.15) is 23.1 Å². The Morgan fingerprint density at radius 1 is 0.895 bits per heavy atom. The molecule has 0 amide bonds. The van der Waals surface area contributed by atoms with Gasteiger partial charge in [-0.2, -0.15) is 0 Å². The summed E-state index contributed by atoms with van der Waals surface area (Å²) in [6, 6.07) is 20.3. The molecule has 0 spiro atoms. The first kappa shape index (κ1) is 11.8. The second kappa shape index (κ2) is 5.14. The van der Waals surface area contributed by atoms with E-state index in [0.717, 1.165) is 11.1 Å². The van der Waals surface area contributed by atoms with E-state index in [1.54, 1.807) is 7.11 Å². The van der Waals surface area contributed by atoms with Crippen molar-refractivity contribution in [3.8, 4) is 0 Å². The van der Waals surface area contributed by atoms with Crippen LogP contribution in [0.4, 0.5) is 0 Å². The third-order valence-corrected chi connectivity index (χ3v) is 3.32. The first-order valence-corrected chi connectivity index (χ1v) is 6.27. The van der Waals surface area contributed by atoms with Gasteiger partial charge in [0.2, 0.25) is 5.90 Å².